The van der Waals surface area contributed by atoms with Crippen LogP contribution in [0.25, 0.3) is 5.69 Å². The van der Waals surface area contributed by atoms with E-state index in [1.165, 1.54) is 15.7 Å². The van der Waals surface area contributed by atoms with E-state index < -0.39 is 0 Å². The van der Waals surface area contributed by atoms with Gasteiger partial charge in [0.15, 0.2) is 0 Å². The molecule has 0 radical (unpaired) electrons. The third-order valence-electron chi connectivity index (χ3n) is 3.97. The molecular formula is C20H23N3Se. The third kappa shape index (κ3) is 3.77. The molecule has 124 valence electrons. The topological polar surface area (TPSA) is 30.7 Å². The Hall–Kier alpha value is -1.90. The Kier molecular flexibility index (Phi) is 5.49. The van der Waals surface area contributed by atoms with Crippen LogP contribution in [0.2, 0.25) is 5.32 Å². The van der Waals surface area contributed by atoms with Crippen molar-refractivity contribution in [3.63, 3.8) is 0 Å². The molecule has 0 saturated heterocycles. The summed E-state index contributed by atoms with van der Waals surface area (Å²) in [5.41, 5.74) is 2.46. The zero-order chi connectivity index (χ0) is 16.9. The fourth-order valence-corrected chi connectivity index (χ4v) is 4.54. The molecule has 2 aromatic carbocycles. The van der Waals surface area contributed by atoms with Gasteiger partial charge < -0.3 is 0 Å². The van der Waals surface area contributed by atoms with Crippen LogP contribution < -0.4 is 4.46 Å². The molecule has 0 N–H and O–H groups in total. The summed E-state index contributed by atoms with van der Waals surface area (Å²) in [5.74, 6) is 2.47. The number of hydrogen-bond acceptors (Lipinski definition) is 2. The monoisotopic (exact) mass is 385 g/mol. The van der Waals surface area contributed by atoms with E-state index in [0.29, 0.717) is 20.9 Å². The summed E-state index contributed by atoms with van der Waals surface area (Å²) in [5, 5.41) is 10.1. The molecule has 1 heterocycles. The molecule has 3 rings (SSSR count). The molecule has 3 nitrogen and oxygen atoms in total. The van der Waals surface area contributed by atoms with Gasteiger partial charge in [-0.15, -0.1) is 0 Å². The second kappa shape index (κ2) is 7.78. The van der Waals surface area contributed by atoms with Crippen molar-refractivity contribution >= 4 is 19.4 Å². The zero-order valence-corrected chi connectivity index (χ0v) is 16.2. The summed E-state index contributed by atoms with van der Waals surface area (Å²) in [4.78, 5) is 0. The zero-order valence-electron chi connectivity index (χ0n) is 14.4. The van der Waals surface area contributed by atoms with Gasteiger partial charge in [-0.2, -0.15) is 0 Å². The van der Waals surface area contributed by atoms with Gasteiger partial charge in [0.05, 0.1) is 0 Å². The number of rotatable bonds is 6. The summed E-state index contributed by atoms with van der Waals surface area (Å²) < 4.78 is 3.71. The van der Waals surface area contributed by atoms with Crippen molar-refractivity contribution < 1.29 is 0 Å². The minimum absolute atomic E-state index is 0.352. The first kappa shape index (κ1) is 16.9. The molecule has 0 spiro atoms. The van der Waals surface area contributed by atoms with Gasteiger partial charge in [0.25, 0.3) is 0 Å². The molecule has 4 heteroatoms. The van der Waals surface area contributed by atoms with Gasteiger partial charge >= 0.3 is 150 Å². The van der Waals surface area contributed by atoms with E-state index in [1.54, 1.807) is 0 Å². The van der Waals surface area contributed by atoms with E-state index in [-0.39, 0.29) is 0 Å². The number of aryl methyl sites for hydroxylation is 2. The molecule has 0 fully saturated rings. The van der Waals surface area contributed by atoms with E-state index in [2.05, 4.69) is 90.1 Å². The quantitative estimate of drug-likeness (QED) is 0.607. The van der Waals surface area contributed by atoms with Gasteiger partial charge in [0.1, 0.15) is 0 Å². The number of benzene rings is 2. The van der Waals surface area contributed by atoms with Crippen molar-refractivity contribution in [2.75, 3.05) is 0 Å². The second-order valence-electron chi connectivity index (χ2n) is 6.16. The van der Waals surface area contributed by atoms with Gasteiger partial charge in [0, 0.05) is 0 Å². The summed E-state index contributed by atoms with van der Waals surface area (Å²) in [6.45, 7) is 6.50. The van der Waals surface area contributed by atoms with Gasteiger partial charge in [-0.25, -0.2) is 0 Å². The van der Waals surface area contributed by atoms with Gasteiger partial charge in [-0.1, -0.05) is 0 Å². The predicted molar refractivity (Wildman–Crippen MR) is 101 cm³/mol. The van der Waals surface area contributed by atoms with Crippen LogP contribution in [0.5, 0.6) is 0 Å². The average molecular weight is 384 g/mol. The van der Waals surface area contributed by atoms with Crippen LogP contribution in [0, 0.1) is 6.92 Å². The van der Waals surface area contributed by atoms with E-state index in [9.17, 15) is 0 Å². The third-order valence-corrected chi connectivity index (χ3v) is 6.09. The van der Waals surface area contributed by atoms with Crippen LogP contribution >= 0.6 is 0 Å². The van der Waals surface area contributed by atoms with Crippen molar-refractivity contribution in [1.82, 2.24) is 14.8 Å². The molecule has 0 bridgehead atoms. The van der Waals surface area contributed by atoms with Crippen molar-refractivity contribution in [2.24, 2.45) is 0 Å². The maximum atomic E-state index is 4.51. The number of hydrogen-bond donors (Lipinski definition) is 0. The molecular weight excluding hydrogens is 361 g/mol. The number of nitrogens with zero attached hydrogens (tertiary/aromatic N) is 3. The Bertz CT molecular complexity index is 794. The van der Waals surface area contributed by atoms with Crippen LogP contribution in [0.15, 0.2) is 54.6 Å². The van der Waals surface area contributed by atoms with Crippen molar-refractivity contribution in [3.8, 4) is 5.69 Å². The SMILES string of the molecule is Cc1ccccc1-n1c(CC[Se]c2ccccc2)nnc1C(C)C. The van der Waals surface area contributed by atoms with E-state index in [4.69, 9.17) is 0 Å². The number of aromatic nitrogens is 3. The normalized spacial score (nSPS) is 11.2. The minimum atomic E-state index is 0.352. The summed E-state index contributed by atoms with van der Waals surface area (Å²) >= 11 is 0.474. The van der Waals surface area contributed by atoms with Crippen molar-refractivity contribution in [1.29, 1.82) is 0 Å². The first-order chi connectivity index (χ1) is 11.7. The summed E-state index contributed by atoms with van der Waals surface area (Å²) in [6.07, 6.45) is 0.961. The maximum absolute atomic E-state index is 4.51. The van der Waals surface area contributed by atoms with E-state index >= 15 is 0 Å². The standard InChI is InChI=1S/C20H23N3Se/c1-15(2)20-22-21-19(13-14-24-17-10-5-4-6-11-17)23(20)18-12-8-7-9-16(18)3/h4-12,15H,13-14H2,1-3H3. The first-order valence-corrected chi connectivity index (χ1v) is 10.4. The van der Waals surface area contributed by atoms with Crippen LogP contribution in [-0.2, 0) is 6.42 Å². The number of para-hydroxylation sites is 1. The van der Waals surface area contributed by atoms with Crippen LogP contribution in [0.4, 0.5) is 0 Å². The fourth-order valence-electron chi connectivity index (χ4n) is 2.72. The van der Waals surface area contributed by atoms with Gasteiger partial charge in [-0.05, 0) is 0 Å². The first-order valence-electron chi connectivity index (χ1n) is 8.35. The Labute approximate surface area is 150 Å². The predicted octanol–water partition coefficient (Wildman–Crippen LogP) is 3.69. The Morgan fingerprint density at radius 2 is 1.67 bits per heavy atom. The van der Waals surface area contributed by atoms with Crippen molar-refractivity contribution in [2.45, 2.75) is 38.4 Å². The molecule has 0 amide bonds. The van der Waals surface area contributed by atoms with Gasteiger partial charge in [0.2, 0.25) is 0 Å². The molecule has 0 aliphatic heterocycles. The van der Waals surface area contributed by atoms with Crippen LogP contribution in [-0.4, -0.2) is 29.7 Å². The molecule has 0 aliphatic carbocycles. The molecule has 0 aliphatic rings. The van der Waals surface area contributed by atoms with Crippen LogP contribution in [0.3, 0.4) is 0 Å². The molecule has 1 aromatic heterocycles. The molecule has 0 unspecified atom stereocenters. The van der Waals surface area contributed by atoms with Crippen LogP contribution in [0.1, 0.15) is 37.0 Å². The van der Waals surface area contributed by atoms with E-state index in [1.807, 2.05) is 0 Å². The molecule has 0 saturated carbocycles. The van der Waals surface area contributed by atoms with E-state index in [0.717, 1.165) is 23.4 Å². The second-order valence-corrected chi connectivity index (χ2v) is 8.61. The summed E-state index contributed by atoms with van der Waals surface area (Å²) in [7, 11) is 0. The summed E-state index contributed by atoms with van der Waals surface area (Å²) in [6, 6.07) is 19.2. The molecule has 24 heavy (non-hydrogen) atoms. The fraction of sp³-hybridized carbons (Fsp3) is 0.300. The van der Waals surface area contributed by atoms with Gasteiger partial charge in [-0.3, -0.25) is 0 Å². The van der Waals surface area contributed by atoms with Crippen molar-refractivity contribution in [3.05, 3.63) is 71.8 Å². The Morgan fingerprint density at radius 1 is 0.958 bits per heavy atom. The molecule has 0 atom stereocenters. The average Bonchev–Trinajstić information content (AvgIpc) is 3.00. The Balaban J connectivity index is 1.84. The molecule has 3 aromatic rings. The Morgan fingerprint density at radius 3 is 2.38 bits per heavy atom.